The number of hydrogen-bond donors (Lipinski definition) is 1. The van der Waals surface area contributed by atoms with Crippen molar-refractivity contribution in [2.45, 2.75) is 25.4 Å². The van der Waals surface area contributed by atoms with Gasteiger partial charge in [-0.1, -0.05) is 29.5 Å². The van der Waals surface area contributed by atoms with Crippen LogP contribution in [-0.2, 0) is 13.0 Å². The summed E-state index contributed by atoms with van der Waals surface area (Å²) >= 11 is 1.81. The highest BCUT2D eigenvalue weighted by Gasteiger charge is 2.23. The average Bonchev–Trinajstić information content (AvgIpc) is 2.94. The van der Waals surface area contributed by atoms with Crippen LogP contribution >= 0.6 is 11.3 Å². The van der Waals surface area contributed by atoms with Gasteiger partial charge in [0.2, 0.25) is 0 Å². The fraction of sp³-hybridized carbons (Fsp3) is 0.267. The van der Waals surface area contributed by atoms with Crippen molar-refractivity contribution >= 4 is 27.3 Å². The van der Waals surface area contributed by atoms with Crippen molar-refractivity contribution in [3.05, 3.63) is 47.5 Å². The first kappa shape index (κ1) is 11.2. The minimum atomic E-state index is 0.504. The Morgan fingerprint density at radius 1 is 1.47 bits per heavy atom. The fourth-order valence-corrected chi connectivity index (χ4v) is 3.99. The molecule has 1 unspecified atom stereocenters. The molecule has 0 saturated heterocycles. The summed E-state index contributed by atoms with van der Waals surface area (Å²) in [5.74, 6) is 0. The van der Waals surface area contributed by atoms with Crippen LogP contribution < -0.4 is 5.32 Å². The molecule has 3 nitrogen and oxygen atoms in total. The Kier molecular flexibility index (Phi) is 2.47. The second kappa shape index (κ2) is 4.18. The van der Waals surface area contributed by atoms with E-state index in [1.165, 1.54) is 16.1 Å². The van der Waals surface area contributed by atoms with Crippen LogP contribution in [0.2, 0.25) is 0 Å². The van der Waals surface area contributed by atoms with Gasteiger partial charge >= 0.3 is 0 Å². The first-order chi connectivity index (χ1) is 9.36. The molecule has 3 heterocycles. The number of aromatic nitrogens is 2. The molecule has 19 heavy (non-hydrogen) atoms. The SMILES string of the molecule is C=CCC1Cc2c(sc3nc4ccccc4n23)CN1. The Morgan fingerprint density at radius 2 is 2.37 bits per heavy atom. The number of imidazole rings is 1. The van der Waals surface area contributed by atoms with E-state index in [1.807, 2.05) is 23.5 Å². The lowest BCUT2D eigenvalue weighted by Crippen LogP contribution is -2.34. The first-order valence-corrected chi connectivity index (χ1v) is 7.40. The van der Waals surface area contributed by atoms with Crippen molar-refractivity contribution in [1.82, 2.24) is 14.7 Å². The van der Waals surface area contributed by atoms with E-state index in [4.69, 9.17) is 4.98 Å². The van der Waals surface area contributed by atoms with Gasteiger partial charge in [0.25, 0.3) is 0 Å². The van der Waals surface area contributed by atoms with Crippen LogP contribution in [0.25, 0.3) is 16.0 Å². The van der Waals surface area contributed by atoms with Crippen molar-refractivity contribution in [3.8, 4) is 0 Å². The molecule has 1 atom stereocenters. The molecule has 1 aliphatic rings. The van der Waals surface area contributed by atoms with Gasteiger partial charge in [-0.3, -0.25) is 4.40 Å². The Bertz CT molecular complexity index is 768. The molecule has 1 N–H and O–H groups in total. The van der Waals surface area contributed by atoms with Crippen molar-refractivity contribution in [1.29, 1.82) is 0 Å². The standard InChI is InChI=1S/C15H15N3S/c1-2-5-10-8-13-14(9-16-10)19-15-17-11-6-3-4-7-12(11)18(13)15/h2-4,6-7,10,16H,1,5,8-9H2. The number of rotatable bonds is 2. The minimum Gasteiger partial charge on any atom is -0.308 e. The predicted molar refractivity (Wildman–Crippen MR) is 79.7 cm³/mol. The number of hydrogen-bond acceptors (Lipinski definition) is 3. The van der Waals surface area contributed by atoms with Gasteiger partial charge in [-0.05, 0) is 18.6 Å². The van der Waals surface area contributed by atoms with Crippen molar-refractivity contribution < 1.29 is 0 Å². The molecule has 4 rings (SSSR count). The highest BCUT2D eigenvalue weighted by atomic mass is 32.1. The fourth-order valence-electron chi connectivity index (χ4n) is 2.88. The number of fused-ring (bicyclic) bond motifs is 5. The van der Waals surface area contributed by atoms with E-state index < -0.39 is 0 Å². The van der Waals surface area contributed by atoms with E-state index in [2.05, 4.69) is 34.5 Å². The van der Waals surface area contributed by atoms with Gasteiger partial charge in [0.05, 0.1) is 11.0 Å². The molecule has 0 saturated carbocycles. The summed E-state index contributed by atoms with van der Waals surface area (Å²) < 4.78 is 2.34. The molecule has 0 spiro atoms. The largest absolute Gasteiger partial charge is 0.308 e. The zero-order chi connectivity index (χ0) is 12.8. The lowest BCUT2D eigenvalue weighted by Gasteiger charge is -2.22. The van der Waals surface area contributed by atoms with Crippen molar-refractivity contribution in [2.24, 2.45) is 0 Å². The third kappa shape index (κ3) is 1.64. The number of para-hydroxylation sites is 2. The predicted octanol–water partition coefficient (Wildman–Crippen LogP) is 3.14. The van der Waals surface area contributed by atoms with Crippen molar-refractivity contribution in [3.63, 3.8) is 0 Å². The smallest absolute Gasteiger partial charge is 0.195 e. The zero-order valence-corrected chi connectivity index (χ0v) is 11.4. The monoisotopic (exact) mass is 269 g/mol. The van der Waals surface area contributed by atoms with Crippen LogP contribution in [0.5, 0.6) is 0 Å². The molecule has 1 aromatic carbocycles. The van der Waals surface area contributed by atoms with Gasteiger partial charge in [-0.15, -0.1) is 6.58 Å². The van der Waals surface area contributed by atoms with Gasteiger partial charge in [0.1, 0.15) is 0 Å². The molecule has 3 aromatic rings. The number of benzene rings is 1. The maximum absolute atomic E-state index is 4.72. The summed E-state index contributed by atoms with van der Waals surface area (Å²) in [6.07, 6.45) is 4.07. The van der Waals surface area contributed by atoms with Gasteiger partial charge in [-0.25, -0.2) is 4.98 Å². The normalized spacial score (nSPS) is 18.8. The third-order valence-electron chi connectivity index (χ3n) is 3.78. The van der Waals surface area contributed by atoms with Crippen LogP contribution in [0.15, 0.2) is 36.9 Å². The van der Waals surface area contributed by atoms with E-state index in [0.717, 1.165) is 29.9 Å². The molecule has 2 aromatic heterocycles. The van der Waals surface area contributed by atoms with Crippen LogP contribution in [-0.4, -0.2) is 15.4 Å². The molecule has 0 amide bonds. The maximum atomic E-state index is 4.72. The van der Waals surface area contributed by atoms with Gasteiger partial charge in [0, 0.05) is 29.6 Å². The maximum Gasteiger partial charge on any atom is 0.195 e. The summed E-state index contributed by atoms with van der Waals surface area (Å²) in [7, 11) is 0. The lowest BCUT2D eigenvalue weighted by atomic mass is 10.0. The quantitative estimate of drug-likeness (QED) is 0.724. The highest BCUT2D eigenvalue weighted by molar-refractivity contribution is 7.17. The molecule has 0 aliphatic carbocycles. The topological polar surface area (TPSA) is 29.3 Å². The van der Waals surface area contributed by atoms with E-state index in [-0.39, 0.29) is 0 Å². The minimum absolute atomic E-state index is 0.504. The summed E-state index contributed by atoms with van der Waals surface area (Å²) in [6.45, 7) is 4.80. The molecule has 0 bridgehead atoms. The lowest BCUT2D eigenvalue weighted by molar-refractivity contribution is 0.481. The molecule has 96 valence electrons. The Labute approximate surface area is 115 Å². The summed E-state index contributed by atoms with van der Waals surface area (Å²) in [6, 6.07) is 8.89. The van der Waals surface area contributed by atoms with E-state index in [1.54, 1.807) is 0 Å². The second-order valence-corrected chi connectivity index (χ2v) is 6.06. The Hall–Kier alpha value is -1.65. The second-order valence-electron chi connectivity index (χ2n) is 5.00. The molecule has 4 heteroatoms. The van der Waals surface area contributed by atoms with Gasteiger partial charge in [0.15, 0.2) is 4.96 Å². The van der Waals surface area contributed by atoms with Crippen LogP contribution in [0.3, 0.4) is 0 Å². The summed E-state index contributed by atoms with van der Waals surface area (Å²) in [5, 5.41) is 3.57. The van der Waals surface area contributed by atoms with Crippen LogP contribution in [0.4, 0.5) is 0 Å². The first-order valence-electron chi connectivity index (χ1n) is 6.59. The van der Waals surface area contributed by atoms with Crippen LogP contribution in [0.1, 0.15) is 17.0 Å². The zero-order valence-electron chi connectivity index (χ0n) is 10.6. The molecule has 1 aliphatic heterocycles. The van der Waals surface area contributed by atoms with E-state index >= 15 is 0 Å². The molecular weight excluding hydrogens is 254 g/mol. The van der Waals surface area contributed by atoms with Gasteiger partial charge < -0.3 is 5.32 Å². The van der Waals surface area contributed by atoms with Crippen LogP contribution in [0, 0.1) is 0 Å². The Morgan fingerprint density at radius 3 is 3.26 bits per heavy atom. The third-order valence-corrected chi connectivity index (χ3v) is 4.86. The molecule has 0 fully saturated rings. The Balaban J connectivity index is 1.93. The van der Waals surface area contributed by atoms with Gasteiger partial charge in [-0.2, -0.15) is 0 Å². The highest BCUT2D eigenvalue weighted by Crippen LogP contribution is 2.31. The average molecular weight is 269 g/mol. The van der Waals surface area contributed by atoms with Crippen molar-refractivity contribution in [2.75, 3.05) is 0 Å². The molecule has 0 radical (unpaired) electrons. The summed E-state index contributed by atoms with van der Waals surface area (Å²) in [5.41, 5.74) is 3.75. The van der Waals surface area contributed by atoms with E-state index in [0.29, 0.717) is 6.04 Å². The van der Waals surface area contributed by atoms with E-state index in [9.17, 15) is 0 Å². The molecular formula is C15H15N3S. The summed E-state index contributed by atoms with van der Waals surface area (Å²) in [4.78, 5) is 7.27. The number of nitrogens with zero attached hydrogens (tertiary/aromatic N) is 2. The number of thiazole rings is 1. The number of nitrogens with one attached hydrogen (secondary N) is 1.